The van der Waals surface area contributed by atoms with Gasteiger partial charge in [-0.3, -0.25) is 0 Å². The largest absolute Gasteiger partial charge is 0.349 e. The van der Waals surface area contributed by atoms with Crippen LogP contribution in [0.5, 0.6) is 0 Å². The fourth-order valence-corrected chi connectivity index (χ4v) is 2.17. The Morgan fingerprint density at radius 3 is 1.77 bits per heavy atom. The van der Waals surface area contributed by atoms with Crippen molar-refractivity contribution in [3.05, 3.63) is 0 Å². The number of hydrogen-bond acceptors (Lipinski definition) is 2. The second kappa shape index (κ2) is 7.21. The molecule has 0 aliphatic carbocycles. The fraction of sp³-hybridized carbons (Fsp3) is 1.00. The minimum atomic E-state index is 0.330. The van der Waals surface area contributed by atoms with Crippen molar-refractivity contribution in [1.82, 2.24) is 0 Å². The quantitative estimate of drug-likeness (QED) is 0.701. The summed E-state index contributed by atoms with van der Waals surface area (Å²) in [5, 5.41) is 2.11. The molecule has 0 aromatic carbocycles. The summed E-state index contributed by atoms with van der Waals surface area (Å²) < 4.78 is 11.0. The smallest absolute Gasteiger partial charge is 0.147 e. The molecular formula is C9H16Br2O2. The molecule has 2 atom stereocenters. The van der Waals surface area contributed by atoms with Crippen LogP contribution in [0.2, 0.25) is 0 Å². The first-order valence-electron chi connectivity index (χ1n) is 4.73. The number of alkyl halides is 2. The van der Waals surface area contributed by atoms with E-state index in [1.165, 1.54) is 12.8 Å². The van der Waals surface area contributed by atoms with E-state index in [1.807, 2.05) is 0 Å². The summed E-state index contributed by atoms with van der Waals surface area (Å²) in [4.78, 5) is 0. The Bertz CT molecular complexity index is 119. The van der Waals surface area contributed by atoms with Gasteiger partial charge in [0.25, 0.3) is 0 Å². The van der Waals surface area contributed by atoms with Gasteiger partial charge >= 0.3 is 0 Å². The van der Waals surface area contributed by atoms with Gasteiger partial charge in [-0.05, 0) is 25.7 Å². The summed E-state index contributed by atoms with van der Waals surface area (Å²) in [6.07, 6.45) is 5.21. The molecule has 2 nitrogen and oxygen atoms in total. The van der Waals surface area contributed by atoms with Crippen molar-refractivity contribution < 1.29 is 9.47 Å². The zero-order valence-corrected chi connectivity index (χ0v) is 10.8. The highest BCUT2D eigenvalue weighted by Gasteiger charge is 2.27. The molecule has 2 unspecified atom stereocenters. The summed E-state index contributed by atoms with van der Waals surface area (Å²) in [6.45, 7) is 0.486. The van der Waals surface area contributed by atoms with Gasteiger partial charge in [-0.2, -0.15) is 0 Å². The maximum atomic E-state index is 5.51. The zero-order valence-electron chi connectivity index (χ0n) is 7.68. The molecule has 0 aromatic rings. The lowest BCUT2D eigenvalue weighted by molar-refractivity contribution is 0.0365. The van der Waals surface area contributed by atoms with Crippen LogP contribution in [0, 0.1) is 0 Å². The maximum absolute atomic E-state index is 5.51. The highest BCUT2D eigenvalue weighted by molar-refractivity contribution is 9.09. The molecule has 1 aliphatic rings. The van der Waals surface area contributed by atoms with E-state index in [2.05, 4.69) is 31.9 Å². The van der Waals surface area contributed by atoms with E-state index in [9.17, 15) is 0 Å². The predicted octanol–water partition coefficient (Wildman–Crippen LogP) is 3.08. The van der Waals surface area contributed by atoms with Crippen molar-refractivity contribution in [3.63, 3.8) is 0 Å². The second-order valence-electron chi connectivity index (χ2n) is 3.19. The van der Waals surface area contributed by atoms with E-state index in [-0.39, 0.29) is 0 Å². The van der Waals surface area contributed by atoms with E-state index in [4.69, 9.17) is 9.47 Å². The Labute approximate surface area is 96.6 Å². The van der Waals surface area contributed by atoms with Crippen LogP contribution in [-0.2, 0) is 9.47 Å². The molecule has 0 bridgehead atoms. The van der Waals surface area contributed by atoms with Crippen molar-refractivity contribution in [3.8, 4) is 0 Å². The van der Waals surface area contributed by atoms with Gasteiger partial charge in [0, 0.05) is 10.7 Å². The average Bonchev–Trinajstić information content (AvgIpc) is 2.59. The SMILES string of the molecule is BrCCCC1OCOC1CCCBr. The van der Waals surface area contributed by atoms with Crippen LogP contribution in [0.3, 0.4) is 0 Å². The van der Waals surface area contributed by atoms with Crippen LogP contribution >= 0.6 is 31.9 Å². The highest BCUT2D eigenvalue weighted by Crippen LogP contribution is 2.22. The lowest BCUT2D eigenvalue weighted by atomic mass is 10.1. The standard InChI is InChI=1S/C9H16Br2O2/c10-5-1-3-8-9(4-2-6-11)13-7-12-8/h8-9H,1-7H2. The molecule has 1 aliphatic heterocycles. The Kier molecular flexibility index (Phi) is 6.63. The van der Waals surface area contributed by atoms with Crippen LogP contribution in [0.4, 0.5) is 0 Å². The number of rotatable bonds is 6. The van der Waals surface area contributed by atoms with E-state index in [0.29, 0.717) is 19.0 Å². The summed E-state index contributed by atoms with van der Waals surface area (Å²) in [5.74, 6) is 0. The lowest BCUT2D eigenvalue weighted by Crippen LogP contribution is -2.22. The Morgan fingerprint density at radius 1 is 0.923 bits per heavy atom. The molecule has 0 saturated carbocycles. The van der Waals surface area contributed by atoms with Gasteiger partial charge in [0.05, 0.1) is 12.2 Å². The van der Waals surface area contributed by atoms with E-state index in [0.717, 1.165) is 23.5 Å². The minimum Gasteiger partial charge on any atom is -0.349 e. The van der Waals surface area contributed by atoms with Gasteiger partial charge in [0.2, 0.25) is 0 Å². The topological polar surface area (TPSA) is 18.5 Å². The predicted molar refractivity (Wildman–Crippen MR) is 60.7 cm³/mol. The maximum Gasteiger partial charge on any atom is 0.147 e. The number of halogens is 2. The normalized spacial score (nSPS) is 28.2. The molecule has 4 heteroatoms. The van der Waals surface area contributed by atoms with Crippen molar-refractivity contribution >= 4 is 31.9 Å². The van der Waals surface area contributed by atoms with Gasteiger partial charge < -0.3 is 9.47 Å². The van der Waals surface area contributed by atoms with Crippen molar-refractivity contribution in [2.24, 2.45) is 0 Å². The minimum absolute atomic E-state index is 0.330. The van der Waals surface area contributed by atoms with Crippen LogP contribution in [0.1, 0.15) is 25.7 Å². The Morgan fingerprint density at radius 2 is 1.38 bits per heavy atom. The van der Waals surface area contributed by atoms with Crippen molar-refractivity contribution in [2.75, 3.05) is 17.5 Å². The van der Waals surface area contributed by atoms with Crippen LogP contribution in [0.25, 0.3) is 0 Å². The third-order valence-corrected chi connectivity index (χ3v) is 3.34. The van der Waals surface area contributed by atoms with Gasteiger partial charge in [-0.25, -0.2) is 0 Å². The third-order valence-electron chi connectivity index (χ3n) is 2.22. The molecule has 13 heavy (non-hydrogen) atoms. The summed E-state index contributed by atoms with van der Waals surface area (Å²) in [5.41, 5.74) is 0. The number of ether oxygens (including phenoxy) is 2. The molecule has 1 rings (SSSR count). The first-order valence-corrected chi connectivity index (χ1v) is 6.98. The second-order valence-corrected chi connectivity index (χ2v) is 4.78. The van der Waals surface area contributed by atoms with E-state index < -0.39 is 0 Å². The summed E-state index contributed by atoms with van der Waals surface area (Å²) in [6, 6.07) is 0. The molecule has 0 spiro atoms. The van der Waals surface area contributed by atoms with Crippen molar-refractivity contribution in [2.45, 2.75) is 37.9 Å². The first kappa shape index (κ1) is 12.0. The van der Waals surface area contributed by atoms with Crippen LogP contribution in [-0.4, -0.2) is 29.7 Å². The van der Waals surface area contributed by atoms with Gasteiger partial charge in [0.15, 0.2) is 0 Å². The number of hydrogen-bond donors (Lipinski definition) is 0. The van der Waals surface area contributed by atoms with E-state index >= 15 is 0 Å². The summed E-state index contributed by atoms with van der Waals surface area (Å²) in [7, 11) is 0. The van der Waals surface area contributed by atoms with E-state index in [1.54, 1.807) is 0 Å². The fourth-order valence-electron chi connectivity index (χ4n) is 1.52. The zero-order chi connectivity index (χ0) is 9.52. The average molecular weight is 316 g/mol. The molecule has 1 fully saturated rings. The molecule has 1 heterocycles. The molecule has 0 radical (unpaired) electrons. The molecule has 0 amide bonds. The van der Waals surface area contributed by atoms with Gasteiger partial charge in [-0.1, -0.05) is 31.9 Å². The molecule has 0 aromatic heterocycles. The summed E-state index contributed by atoms with van der Waals surface area (Å²) >= 11 is 6.85. The molecule has 0 N–H and O–H groups in total. The first-order chi connectivity index (χ1) is 6.38. The van der Waals surface area contributed by atoms with Crippen LogP contribution in [0.15, 0.2) is 0 Å². The monoisotopic (exact) mass is 314 g/mol. The Hall–Kier alpha value is 0.880. The highest BCUT2D eigenvalue weighted by atomic mass is 79.9. The van der Waals surface area contributed by atoms with Gasteiger partial charge in [0.1, 0.15) is 6.79 Å². The molecule has 1 saturated heterocycles. The van der Waals surface area contributed by atoms with Crippen molar-refractivity contribution in [1.29, 1.82) is 0 Å². The Balaban J connectivity index is 2.18. The van der Waals surface area contributed by atoms with Crippen LogP contribution < -0.4 is 0 Å². The lowest BCUT2D eigenvalue weighted by Gasteiger charge is -2.15. The van der Waals surface area contributed by atoms with Gasteiger partial charge in [-0.15, -0.1) is 0 Å². The molecular weight excluding hydrogens is 300 g/mol. The molecule has 78 valence electrons. The third kappa shape index (κ3) is 4.28.